The Bertz CT molecular complexity index is 378. The van der Waals surface area contributed by atoms with Crippen LogP contribution >= 0.6 is 0 Å². The van der Waals surface area contributed by atoms with Crippen molar-refractivity contribution < 1.29 is 4.39 Å². The van der Waals surface area contributed by atoms with Gasteiger partial charge in [-0.05, 0) is 49.1 Å². The summed E-state index contributed by atoms with van der Waals surface area (Å²) in [6.07, 6.45) is 3.70. The van der Waals surface area contributed by atoms with Crippen LogP contribution in [0.1, 0.15) is 37.3 Å². The van der Waals surface area contributed by atoms with Crippen molar-refractivity contribution in [2.75, 3.05) is 6.54 Å². The second-order valence-corrected chi connectivity index (χ2v) is 4.79. The summed E-state index contributed by atoms with van der Waals surface area (Å²) in [6, 6.07) is 5.59. The van der Waals surface area contributed by atoms with Crippen molar-refractivity contribution in [3.8, 4) is 0 Å². The van der Waals surface area contributed by atoms with Gasteiger partial charge in [-0.15, -0.1) is 0 Å². The van der Waals surface area contributed by atoms with Crippen LogP contribution in [0.25, 0.3) is 0 Å². The van der Waals surface area contributed by atoms with Crippen molar-refractivity contribution in [1.29, 1.82) is 0 Å². The standard InChI is InChI=1S/C14H21FN2/c1-2-14-4-3-7-17(14)10-12-8-13(15)6-5-11(12)9-16/h5-6,8,14H,2-4,7,9-10,16H2,1H3. The molecule has 1 aliphatic heterocycles. The molecule has 1 aliphatic rings. The Morgan fingerprint density at radius 2 is 2.24 bits per heavy atom. The van der Waals surface area contributed by atoms with Gasteiger partial charge in [-0.3, -0.25) is 4.90 Å². The van der Waals surface area contributed by atoms with Crippen LogP contribution in [-0.4, -0.2) is 17.5 Å². The minimum Gasteiger partial charge on any atom is -0.326 e. The van der Waals surface area contributed by atoms with E-state index in [0.717, 1.165) is 24.2 Å². The first-order chi connectivity index (χ1) is 8.24. The van der Waals surface area contributed by atoms with Crippen molar-refractivity contribution in [3.63, 3.8) is 0 Å². The zero-order valence-electron chi connectivity index (χ0n) is 10.5. The predicted molar refractivity (Wildman–Crippen MR) is 68.0 cm³/mol. The summed E-state index contributed by atoms with van der Waals surface area (Å²) >= 11 is 0. The summed E-state index contributed by atoms with van der Waals surface area (Å²) in [6.45, 7) is 4.67. The van der Waals surface area contributed by atoms with Gasteiger partial charge < -0.3 is 5.73 Å². The molecule has 0 aliphatic carbocycles. The average Bonchev–Trinajstić information content (AvgIpc) is 2.77. The van der Waals surface area contributed by atoms with Gasteiger partial charge in [0.15, 0.2) is 0 Å². The van der Waals surface area contributed by atoms with Crippen LogP contribution in [0.3, 0.4) is 0 Å². The van der Waals surface area contributed by atoms with Crippen molar-refractivity contribution in [3.05, 3.63) is 35.1 Å². The Kier molecular flexibility index (Phi) is 4.13. The van der Waals surface area contributed by atoms with E-state index in [1.165, 1.54) is 25.3 Å². The van der Waals surface area contributed by atoms with Crippen LogP contribution < -0.4 is 5.73 Å². The molecule has 2 nitrogen and oxygen atoms in total. The molecule has 1 aromatic rings. The SMILES string of the molecule is CCC1CCCN1Cc1cc(F)ccc1CN. The van der Waals surface area contributed by atoms with Crippen LogP contribution in [0, 0.1) is 5.82 Å². The lowest BCUT2D eigenvalue weighted by molar-refractivity contribution is 0.239. The Morgan fingerprint density at radius 1 is 1.41 bits per heavy atom. The largest absolute Gasteiger partial charge is 0.326 e. The van der Waals surface area contributed by atoms with Crippen molar-refractivity contribution in [2.45, 2.75) is 45.3 Å². The summed E-state index contributed by atoms with van der Waals surface area (Å²) in [5.41, 5.74) is 7.81. The van der Waals surface area contributed by atoms with E-state index in [1.54, 1.807) is 6.07 Å². The van der Waals surface area contributed by atoms with Gasteiger partial charge in [0.1, 0.15) is 5.82 Å². The number of nitrogens with two attached hydrogens (primary N) is 1. The average molecular weight is 236 g/mol. The van der Waals surface area contributed by atoms with Gasteiger partial charge in [-0.1, -0.05) is 13.0 Å². The van der Waals surface area contributed by atoms with E-state index in [1.807, 2.05) is 6.07 Å². The van der Waals surface area contributed by atoms with Crippen LogP contribution in [0.5, 0.6) is 0 Å². The number of hydrogen-bond donors (Lipinski definition) is 1. The van der Waals surface area contributed by atoms with Crippen LogP contribution in [0.4, 0.5) is 4.39 Å². The summed E-state index contributed by atoms with van der Waals surface area (Å²) < 4.78 is 13.3. The summed E-state index contributed by atoms with van der Waals surface area (Å²) in [4.78, 5) is 2.45. The summed E-state index contributed by atoms with van der Waals surface area (Å²) in [7, 11) is 0. The van der Waals surface area contributed by atoms with Gasteiger partial charge in [0.05, 0.1) is 0 Å². The molecule has 1 unspecified atom stereocenters. The van der Waals surface area contributed by atoms with Crippen molar-refractivity contribution >= 4 is 0 Å². The molecule has 0 amide bonds. The summed E-state index contributed by atoms with van der Waals surface area (Å²) in [5.74, 6) is -0.163. The molecule has 0 saturated carbocycles. The highest BCUT2D eigenvalue weighted by atomic mass is 19.1. The molecule has 0 radical (unpaired) electrons. The first-order valence-corrected chi connectivity index (χ1v) is 6.46. The normalized spacial score (nSPS) is 21.0. The van der Waals surface area contributed by atoms with Crippen molar-refractivity contribution in [2.24, 2.45) is 5.73 Å². The Morgan fingerprint density at radius 3 is 2.94 bits per heavy atom. The monoisotopic (exact) mass is 236 g/mol. The van der Waals surface area contributed by atoms with E-state index < -0.39 is 0 Å². The first-order valence-electron chi connectivity index (χ1n) is 6.46. The smallest absolute Gasteiger partial charge is 0.123 e. The maximum atomic E-state index is 13.3. The molecule has 1 saturated heterocycles. The first kappa shape index (κ1) is 12.5. The molecule has 94 valence electrons. The molecule has 0 bridgehead atoms. The zero-order chi connectivity index (χ0) is 12.3. The van der Waals surface area contributed by atoms with Gasteiger partial charge in [-0.2, -0.15) is 0 Å². The molecule has 1 heterocycles. The molecule has 1 aromatic carbocycles. The molecule has 1 atom stereocenters. The van der Waals surface area contributed by atoms with E-state index in [4.69, 9.17) is 5.73 Å². The predicted octanol–water partition coefficient (Wildman–Crippen LogP) is 2.66. The van der Waals surface area contributed by atoms with Crippen LogP contribution in [-0.2, 0) is 13.1 Å². The van der Waals surface area contributed by atoms with E-state index in [-0.39, 0.29) is 5.82 Å². The zero-order valence-corrected chi connectivity index (χ0v) is 10.5. The highest BCUT2D eigenvalue weighted by Gasteiger charge is 2.23. The second kappa shape index (κ2) is 5.61. The number of nitrogens with zero attached hydrogens (tertiary/aromatic N) is 1. The number of rotatable bonds is 4. The minimum absolute atomic E-state index is 0.163. The van der Waals surface area contributed by atoms with Gasteiger partial charge in [-0.25, -0.2) is 4.39 Å². The molecular weight excluding hydrogens is 215 g/mol. The fourth-order valence-electron chi connectivity index (χ4n) is 2.73. The molecular formula is C14H21FN2. The molecule has 0 aromatic heterocycles. The van der Waals surface area contributed by atoms with Gasteiger partial charge in [0.2, 0.25) is 0 Å². The number of hydrogen-bond acceptors (Lipinski definition) is 2. The fourth-order valence-corrected chi connectivity index (χ4v) is 2.73. The van der Waals surface area contributed by atoms with Gasteiger partial charge in [0.25, 0.3) is 0 Å². The van der Waals surface area contributed by atoms with Gasteiger partial charge in [0, 0.05) is 19.1 Å². The van der Waals surface area contributed by atoms with Crippen LogP contribution in [0.15, 0.2) is 18.2 Å². The third kappa shape index (κ3) is 2.85. The third-order valence-electron chi connectivity index (χ3n) is 3.73. The van der Waals surface area contributed by atoms with Crippen molar-refractivity contribution in [1.82, 2.24) is 4.90 Å². The number of halogens is 1. The Labute approximate surface area is 103 Å². The topological polar surface area (TPSA) is 29.3 Å². The second-order valence-electron chi connectivity index (χ2n) is 4.79. The highest BCUT2D eigenvalue weighted by molar-refractivity contribution is 5.28. The quantitative estimate of drug-likeness (QED) is 0.871. The molecule has 3 heteroatoms. The fraction of sp³-hybridized carbons (Fsp3) is 0.571. The maximum absolute atomic E-state index is 13.3. The molecule has 2 N–H and O–H groups in total. The number of benzene rings is 1. The van der Waals surface area contributed by atoms with E-state index in [9.17, 15) is 4.39 Å². The lowest BCUT2D eigenvalue weighted by Crippen LogP contribution is -2.28. The van der Waals surface area contributed by atoms with Crippen LogP contribution in [0.2, 0.25) is 0 Å². The summed E-state index contributed by atoms with van der Waals surface area (Å²) in [5, 5.41) is 0. The lowest BCUT2D eigenvalue weighted by atomic mass is 10.1. The highest BCUT2D eigenvalue weighted by Crippen LogP contribution is 2.23. The van der Waals surface area contributed by atoms with E-state index in [0.29, 0.717) is 12.6 Å². The Balaban J connectivity index is 2.14. The Hall–Kier alpha value is -0.930. The molecule has 1 fully saturated rings. The van der Waals surface area contributed by atoms with E-state index in [2.05, 4.69) is 11.8 Å². The maximum Gasteiger partial charge on any atom is 0.123 e. The lowest BCUT2D eigenvalue weighted by Gasteiger charge is -2.24. The minimum atomic E-state index is -0.163. The van der Waals surface area contributed by atoms with E-state index >= 15 is 0 Å². The molecule has 2 rings (SSSR count). The number of likely N-dealkylation sites (tertiary alicyclic amines) is 1. The van der Waals surface area contributed by atoms with Gasteiger partial charge >= 0.3 is 0 Å². The molecule has 17 heavy (non-hydrogen) atoms. The third-order valence-corrected chi connectivity index (χ3v) is 3.73. The molecule has 0 spiro atoms.